The summed E-state index contributed by atoms with van der Waals surface area (Å²) in [5.74, 6) is -0.887. The topological polar surface area (TPSA) is 47.0 Å². The number of nitrogens with one attached hydrogen (secondary N) is 1. The van der Waals surface area contributed by atoms with E-state index in [4.69, 9.17) is 4.74 Å². The fourth-order valence-corrected chi connectivity index (χ4v) is 2.32. The molecule has 20 heavy (non-hydrogen) atoms. The minimum absolute atomic E-state index is 0.312. The van der Waals surface area contributed by atoms with E-state index in [0.717, 1.165) is 15.7 Å². The van der Waals surface area contributed by atoms with Crippen LogP contribution in [0.5, 0.6) is 0 Å². The van der Waals surface area contributed by atoms with Gasteiger partial charge in [0.25, 0.3) is 0 Å². The van der Waals surface area contributed by atoms with Crippen LogP contribution in [-0.2, 0) is 11.3 Å². The fourth-order valence-electron chi connectivity index (χ4n) is 1.66. The Morgan fingerprint density at radius 2 is 2.00 bits per heavy atom. The van der Waals surface area contributed by atoms with E-state index in [-0.39, 0.29) is 0 Å². The van der Waals surface area contributed by atoms with Crippen LogP contribution < -0.4 is 5.32 Å². The molecule has 1 aromatic carbocycles. The zero-order chi connectivity index (χ0) is 14.7. The number of ether oxygens (including phenoxy) is 1. The zero-order valence-corrected chi connectivity index (χ0v) is 13.0. The Morgan fingerprint density at radius 3 is 2.60 bits per heavy atom. The van der Waals surface area contributed by atoms with Gasteiger partial charge < -0.3 is 10.1 Å². The van der Waals surface area contributed by atoms with Crippen molar-refractivity contribution in [3.8, 4) is 11.4 Å². The molecule has 106 valence electrons. The van der Waals surface area contributed by atoms with Crippen molar-refractivity contribution in [1.82, 2.24) is 9.97 Å². The first kappa shape index (κ1) is 15.0. The second-order valence-corrected chi connectivity index (χ2v) is 5.05. The van der Waals surface area contributed by atoms with Gasteiger partial charge in [0.2, 0.25) is 0 Å². The van der Waals surface area contributed by atoms with E-state index < -0.39 is 11.6 Å². The predicted octanol–water partition coefficient (Wildman–Crippen LogP) is 3.21. The Kier molecular flexibility index (Phi) is 4.81. The largest absolute Gasteiger partial charge is 0.378 e. The van der Waals surface area contributed by atoms with Gasteiger partial charge in [-0.15, -0.1) is 0 Å². The van der Waals surface area contributed by atoms with Crippen LogP contribution in [-0.4, -0.2) is 24.1 Å². The molecule has 1 heterocycles. The summed E-state index contributed by atoms with van der Waals surface area (Å²) in [5.41, 5.74) is 1.10. The van der Waals surface area contributed by atoms with Crippen molar-refractivity contribution < 1.29 is 13.5 Å². The molecule has 2 rings (SSSR count). The summed E-state index contributed by atoms with van der Waals surface area (Å²) < 4.78 is 32.2. The summed E-state index contributed by atoms with van der Waals surface area (Å²) >= 11 is 2.11. The number of hydrogen-bond donors (Lipinski definition) is 1. The number of anilines is 1. The molecule has 0 aliphatic rings. The molecule has 0 spiro atoms. The molecule has 0 saturated carbocycles. The second kappa shape index (κ2) is 6.40. The van der Waals surface area contributed by atoms with Crippen LogP contribution in [0, 0.1) is 15.2 Å². The summed E-state index contributed by atoms with van der Waals surface area (Å²) in [5, 5.41) is 2.95. The monoisotopic (exact) mass is 391 g/mol. The third kappa shape index (κ3) is 3.04. The Morgan fingerprint density at radius 1 is 1.25 bits per heavy atom. The molecule has 0 bridgehead atoms. The maximum absolute atomic E-state index is 13.3. The summed E-state index contributed by atoms with van der Waals surface area (Å²) in [6.45, 7) is 0.312. The van der Waals surface area contributed by atoms with E-state index in [2.05, 4.69) is 37.9 Å². The average molecular weight is 391 g/mol. The Labute approximate surface area is 128 Å². The van der Waals surface area contributed by atoms with E-state index in [0.29, 0.717) is 29.5 Å². The third-order valence-electron chi connectivity index (χ3n) is 2.62. The number of nitrogens with zero attached hydrogens (tertiary/aromatic N) is 2. The maximum atomic E-state index is 13.3. The smallest absolute Gasteiger partial charge is 0.162 e. The van der Waals surface area contributed by atoms with Crippen LogP contribution in [0.15, 0.2) is 18.2 Å². The van der Waals surface area contributed by atoms with Crippen molar-refractivity contribution in [2.24, 2.45) is 0 Å². The Hall–Kier alpha value is -1.35. The van der Waals surface area contributed by atoms with Crippen LogP contribution in [0.1, 0.15) is 5.69 Å². The molecule has 0 unspecified atom stereocenters. The van der Waals surface area contributed by atoms with Gasteiger partial charge in [-0.2, -0.15) is 0 Å². The molecule has 0 saturated heterocycles. The molecular weight excluding hydrogens is 379 g/mol. The molecule has 2 aromatic rings. The van der Waals surface area contributed by atoms with Gasteiger partial charge >= 0.3 is 0 Å². The second-order valence-electron chi connectivity index (χ2n) is 3.97. The van der Waals surface area contributed by atoms with Crippen molar-refractivity contribution in [3.05, 3.63) is 39.1 Å². The maximum Gasteiger partial charge on any atom is 0.162 e. The van der Waals surface area contributed by atoms with E-state index >= 15 is 0 Å². The van der Waals surface area contributed by atoms with Gasteiger partial charge in [-0.05, 0) is 40.8 Å². The highest BCUT2D eigenvalue weighted by Gasteiger charge is 2.14. The summed E-state index contributed by atoms with van der Waals surface area (Å²) in [7, 11) is 3.30. The van der Waals surface area contributed by atoms with Crippen LogP contribution in [0.3, 0.4) is 0 Å². The number of benzene rings is 1. The van der Waals surface area contributed by atoms with E-state index in [1.165, 1.54) is 6.07 Å². The zero-order valence-electron chi connectivity index (χ0n) is 10.9. The molecule has 0 radical (unpaired) electrons. The van der Waals surface area contributed by atoms with Crippen LogP contribution >= 0.6 is 22.6 Å². The molecule has 0 aliphatic carbocycles. The first-order valence-electron chi connectivity index (χ1n) is 5.75. The van der Waals surface area contributed by atoms with E-state index in [1.807, 2.05) is 0 Å². The van der Waals surface area contributed by atoms with E-state index in [1.54, 1.807) is 14.2 Å². The van der Waals surface area contributed by atoms with Crippen LogP contribution in [0.25, 0.3) is 11.4 Å². The molecule has 0 amide bonds. The van der Waals surface area contributed by atoms with Gasteiger partial charge in [0.05, 0.1) is 15.9 Å². The van der Waals surface area contributed by atoms with Gasteiger partial charge in [-0.25, -0.2) is 18.7 Å². The van der Waals surface area contributed by atoms with Gasteiger partial charge in [0, 0.05) is 19.7 Å². The van der Waals surface area contributed by atoms with Crippen molar-refractivity contribution >= 4 is 28.4 Å². The quantitative estimate of drug-likeness (QED) is 0.814. The first-order valence-corrected chi connectivity index (χ1v) is 6.83. The van der Waals surface area contributed by atoms with Crippen LogP contribution in [0.2, 0.25) is 0 Å². The van der Waals surface area contributed by atoms with Gasteiger partial charge in [-0.3, -0.25) is 0 Å². The minimum atomic E-state index is -0.927. The molecule has 1 N–H and O–H groups in total. The lowest BCUT2D eigenvalue weighted by Gasteiger charge is -2.11. The predicted molar refractivity (Wildman–Crippen MR) is 80.4 cm³/mol. The minimum Gasteiger partial charge on any atom is -0.378 e. The highest BCUT2D eigenvalue weighted by atomic mass is 127. The number of halogens is 3. The molecule has 4 nitrogen and oxygen atoms in total. The van der Waals surface area contributed by atoms with E-state index in [9.17, 15) is 8.78 Å². The molecule has 0 aliphatic heterocycles. The van der Waals surface area contributed by atoms with Crippen molar-refractivity contribution in [1.29, 1.82) is 0 Å². The molecular formula is C13H12F2IN3O. The number of hydrogen-bond acceptors (Lipinski definition) is 4. The molecule has 0 fully saturated rings. The van der Waals surface area contributed by atoms with Crippen molar-refractivity contribution in [3.63, 3.8) is 0 Å². The van der Waals surface area contributed by atoms with Crippen molar-refractivity contribution in [2.75, 3.05) is 19.5 Å². The normalized spacial score (nSPS) is 10.7. The van der Waals surface area contributed by atoms with Crippen LogP contribution in [0.4, 0.5) is 14.6 Å². The Balaban J connectivity index is 2.55. The lowest BCUT2D eigenvalue weighted by Crippen LogP contribution is -2.06. The molecule has 7 heteroatoms. The SMILES string of the molecule is CNc1nc(-c2ccc(F)c(F)c2)nc(COC)c1I. The summed E-state index contributed by atoms with van der Waals surface area (Å²) in [6, 6.07) is 3.57. The number of aromatic nitrogens is 2. The first-order chi connectivity index (χ1) is 9.56. The number of methoxy groups -OCH3 is 1. The molecule has 0 atom stereocenters. The van der Waals surface area contributed by atoms with Gasteiger partial charge in [0.15, 0.2) is 17.5 Å². The average Bonchev–Trinajstić information content (AvgIpc) is 2.44. The van der Waals surface area contributed by atoms with Gasteiger partial charge in [0.1, 0.15) is 5.82 Å². The Bertz CT molecular complexity index is 637. The summed E-state index contributed by atoms with van der Waals surface area (Å²) in [6.07, 6.45) is 0. The standard InChI is InChI=1S/C13H12F2IN3O/c1-17-13-11(16)10(6-20-2)18-12(19-13)7-3-4-8(14)9(15)5-7/h3-5H,6H2,1-2H3,(H,17,18,19). The third-order valence-corrected chi connectivity index (χ3v) is 3.75. The summed E-state index contributed by atoms with van der Waals surface area (Å²) in [4.78, 5) is 8.64. The lowest BCUT2D eigenvalue weighted by molar-refractivity contribution is 0.181. The lowest BCUT2D eigenvalue weighted by atomic mass is 10.2. The van der Waals surface area contributed by atoms with Gasteiger partial charge in [-0.1, -0.05) is 0 Å². The highest BCUT2D eigenvalue weighted by Crippen LogP contribution is 2.25. The highest BCUT2D eigenvalue weighted by molar-refractivity contribution is 14.1. The fraction of sp³-hybridized carbons (Fsp3) is 0.231. The van der Waals surface area contributed by atoms with Crippen molar-refractivity contribution in [2.45, 2.75) is 6.61 Å². The molecule has 1 aromatic heterocycles. The number of rotatable bonds is 4.